The number of carbonyl (C=O) groups excluding carboxylic acids is 1. The molecule has 1 N–H and O–H groups in total. The van der Waals surface area contributed by atoms with Crippen molar-refractivity contribution in [3.05, 3.63) is 99.0 Å². The molecule has 0 saturated heterocycles. The molecule has 0 amide bonds. The number of hydrogen-bond donors (Lipinski definition) is 1. The van der Waals surface area contributed by atoms with Crippen LogP contribution in [0.15, 0.2) is 48.5 Å². The van der Waals surface area contributed by atoms with Crippen molar-refractivity contribution in [3.8, 4) is 23.0 Å². The van der Waals surface area contributed by atoms with Gasteiger partial charge in [0.05, 0.1) is 40.5 Å². The zero-order chi connectivity index (χ0) is 42.6. The van der Waals surface area contributed by atoms with Gasteiger partial charge in [0, 0.05) is 53.6 Å². The van der Waals surface area contributed by atoms with E-state index in [9.17, 15) is 44.7 Å². The van der Waals surface area contributed by atoms with Crippen LogP contribution >= 0.6 is 11.6 Å². The molecule has 0 bridgehead atoms. The summed E-state index contributed by atoms with van der Waals surface area (Å²) >= 11 is 6.61. The maximum Gasteiger partial charge on any atom is 0.435 e. The van der Waals surface area contributed by atoms with Crippen LogP contribution in [0.25, 0.3) is 22.0 Å². The summed E-state index contributed by atoms with van der Waals surface area (Å²) < 4.78 is 142. The molecule has 8 rings (SSSR count). The summed E-state index contributed by atoms with van der Waals surface area (Å²) in [6.45, 7) is -0.967. The lowest BCUT2D eigenvalue weighted by Crippen LogP contribution is -2.50. The van der Waals surface area contributed by atoms with E-state index in [0.717, 1.165) is 6.26 Å². The largest absolute Gasteiger partial charge is 0.435 e. The van der Waals surface area contributed by atoms with E-state index in [1.54, 1.807) is 19.2 Å². The van der Waals surface area contributed by atoms with Gasteiger partial charge in [0.15, 0.2) is 21.3 Å². The molecule has 9 nitrogen and oxygen atoms in total. The van der Waals surface area contributed by atoms with Gasteiger partial charge in [-0.25, -0.2) is 26.6 Å². The van der Waals surface area contributed by atoms with E-state index in [1.807, 2.05) is 0 Å². The summed E-state index contributed by atoms with van der Waals surface area (Å²) in [6.07, 6.45) is -6.71. The summed E-state index contributed by atoms with van der Waals surface area (Å²) in [6, 6.07) is 11.4. The predicted molar refractivity (Wildman–Crippen MR) is 198 cm³/mol. The maximum absolute atomic E-state index is 15.4. The molecule has 3 aliphatic carbocycles. The summed E-state index contributed by atoms with van der Waals surface area (Å²) in [5, 5.41) is 18.9. The topological polar surface area (TPSA) is 120 Å². The zero-order valence-electron chi connectivity index (χ0n) is 31.0. The quantitative estimate of drug-likeness (QED) is 0.112. The van der Waals surface area contributed by atoms with Gasteiger partial charge >= 0.3 is 6.18 Å². The van der Waals surface area contributed by atoms with E-state index in [2.05, 4.69) is 22.0 Å². The molecule has 59 heavy (non-hydrogen) atoms. The van der Waals surface area contributed by atoms with Crippen LogP contribution in [0.1, 0.15) is 77.1 Å². The highest BCUT2D eigenvalue weighted by Gasteiger charge is 2.68. The fraction of sp³-hybridized carbons (Fsp3) is 0.400. The number of pyridine rings is 1. The minimum Gasteiger partial charge on any atom is -0.377 e. The summed E-state index contributed by atoms with van der Waals surface area (Å²) in [5.41, 5.74) is -3.54. The molecule has 19 heteroatoms. The smallest absolute Gasteiger partial charge is 0.377 e. The molecule has 2 saturated carbocycles. The van der Waals surface area contributed by atoms with Crippen molar-refractivity contribution in [2.75, 3.05) is 6.26 Å². The number of ketones is 1. The maximum atomic E-state index is 15.4. The normalized spacial score (nSPS) is 20.3. The van der Waals surface area contributed by atoms with Gasteiger partial charge in [-0.3, -0.25) is 14.2 Å². The van der Waals surface area contributed by atoms with E-state index in [0.29, 0.717) is 26.9 Å². The number of aryl methyl sites for hydroxylation is 1. The molecule has 3 aromatic heterocycles. The number of alkyl halides is 7. The molecule has 0 spiro atoms. The Hall–Kier alpha value is -4.86. The number of aromatic nitrogens is 5. The number of fused-ring (bicyclic) bond motifs is 4. The van der Waals surface area contributed by atoms with Crippen LogP contribution in [0.5, 0.6) is 0 Å². The van der Waals surface area contributed by atoms with Crippen molar-refractivity contribution in [1.82, 2.24) is 24.5 Å². The Balaban J connectivity index is 1.26. The van der Waals surface area contributed by atoms with Gasteiger partial charge in [0.1, 0.15) is 29.4 Å². The van der Waals surface area contributed by atoms with Gasteiger partial charge in [0.2, 0.25) is 0 Å². The highest BCUT2D eigenvalue weighted by molar-refractivity contribution is 7.89. The van der Waals surface area contributed by atoms with Crippen molar-refractivity contribution in [2.45, 2.75) is 79.9 Å². The Bertz CT molecular complexity index is 2750. The van der Waals surface area contributed by atoms with Gasteiger partial charge in [-0.1, -0.05) is 35.7 Å². The Morgan fingerprint density at radius 2 is 1.78 bits per heavy atom. The highest BCUT2D eigenvalue weighted by atomic mass is 35.5. The predicted octanol–water partition coefficient (Wildman–Crippen LogP) is 7.89. The molecular formula is C40H32ClF8N5O4S. The second kappa shape index (κ2) is 13.8. The molecule has 3 atom stereocenters. The first-order valence-corrected chi connectivity index (χ1v) is 20.7. The number of benzene rings is 2. The number of aliphatic hydroxyl groups is 1. The van der Waals surface area contributed by atoms with Gasteiger partial charge in [0.25, 0.3) is 11.8 Å². The molecule has 310 valence electrons. The zero-order valence-corrected chi connectivity index (χ0v) is 32.6. The van der Waals surface area contributed by atoms with Crippen LogP contribution in [0, 0.1) is 23.6 Å². The van der Waals surface area contributed by atoms with Crippen molar-refractivity contribution < 1.29 is 53.4 Å². The molecule has 3 heterocycles. The van der Waals surface area contributed by atoms with Crippen LogP contribution in [0.3, 0.4) is 0 Å². The Labute approximate surface area is 336 Å². The fourth-order valence-electron chi connectivity index (χ4n) is 8.49. The van der Waals surface area contributed by atoms with E-state index in [1.165, 1.54) is 41.1 Å². The van der Waals surface area contributed by atoms with E-state index in [4.69, 9.17) is 16.6 Å². The van der Waals surface area contributed by atoms with E-state index >= 15 is 8.78 Å². The first-order chi connectivity index (χ1) is 27.4. The Morgan fingerprint density at radius 3 is 2.44 bits per heavy atom. The minimum absolute atomic E-state index is 0.0457. The van der Waals surface area contributed by atoms with E-state index < -0.39 is 111 Å². The lowest BCUT2D eigenvalue weighted by Gasteiger charge is -2.39. The highest BCUT2D eigenvalue weighted by Crippen LogP contribution is 2.68. The molecule has 0 unspecified atom stereocenters. The van der Waals surface area contributed by atoms with Crippen LogP contribution in [-0.2, 0) is 52.5 Å². The summed E-state index contributed by atoms with van der Waals surface area (Å²) in [5.74, 6) is -7.12. The van der Waals surface area contributed by atoms with Gasteiger partial charge in [-0.15, -0.1) is 0 Å². The molecule has 2 fully saturated rings. The van der Waals surface area contributed by atoms with Crippen molar-refractivity contribution in [2.24, 2.45) is 13.0 Å². The average molecular weight is 866 g/mol. The van der Waals surface area contributed by atoms with Gasteiger partial charge < -0.3 is 5.11 Å². The van der Waals surface area contributed by atoms with Gasteiger partial charge in [-0.05, 0) is 60.6 Å². The number of halogens is 9. The van der Waals surface area contributed by atoms with Crippen molar-refractivity contribution in [3.63, 3.8) is 0 Å². The number of rotatable bonds is 10. The molecule has 2 aromatic carbocycles. The lowest BCUT2D eigenvalue weighted by molar-refractivity contribution is -0.176. The third kappa shape index (κ3) is 7.72. The van der Waals surface area contributed by atoms with Crippen molar-refractivity contribution in [1.29, 1.82) is 0 Å². The molecular weight excluding hydrogens is 834 g/mol. The molecule has 0 aliphatic heterocycles. The molecule has 5 aromatic rings. The lowest BCUT2D eigenvalue weighted by atomic mass is 9.77. The van der Waals surface area contributed by atoms with Crippen molar-refractivity contribution >= 4 is 38.1 Å². The van der Waals surface area contributed by atoms with Crippen LogP contribution in [0.2, 0.25) is 5.02 Å². The second-order valence-corrected chi connectivity index (χ2v) is 18.2. The molecule has 3 aliphatic rings. The number of nitrogens with zero attached hydrogens (tertiary/aromatic N) is 5. The SMILES string of the molecule is Cn1nc(CS(C)(=O)=O)c2c(Cl)ccc(-c3ccc(C#CC4(O)CC(F)(F)C4)nc3[C@@H](CC(=O)Cn3nc(C(F)(F)F)c4c3C(F)(F)[C@@H]3C[C@H]43)Cc3cccc(F)c3)c21. The number of hydrogen-bond acceptors (Lipinski definition) is 7. The van der Waals surface area contributed by atoms with E-state index in [-0.39, 0.29) is 40.3 Å². The number of Topliss-reactive ketones (excluding diaryl/α,β-unsaturated/α-hetero) is 1. The van der Waals surface area contributed by atoms with Crippen LogP contribution in [0.4, 0.5) is 35.1 Å². The van der Waals surface area contributed by atoms with Crippen LogP contribution in [-0.4, -0.2) is 61.6 Å². The number of sulfone groups is 1. The minimum atomic E-state index is -5.06. The third-order valence-corrected chi connectivity index (χ3v) is 12.0. The van der Waals surface area contributed by atoms with Gasteiger partial charge in [-0.2, -0.15) is 32.1 Å². The summed E-state index contributed by atoms with van der Waals surface area (Å²) in [7, 11) is -2.07. The fourth-order valence-corrected chi connectivity index (χ4v) is 9.45. The third-order valence-electron chi connectivity index (χ3n) is 10.9. The Morgan fingerprint density at radius 1 is 1.07 bits per heavy atom. The Kier molecular flexibility index (Phi) is 9.60. The average Bonchev–Trinajstić information content (AvgIpc) is 3.64. The standard InChI is InChI=1S/C40H32ClF8N5O4S/c1-53-34-26(8-9-29(41)32(34)30(51-53)17-59(2,57)58)25-7-6-23(10-11-37(56)18-38(43,44)19-37)50-33(25)21(12-20-4-3-5-22(42)13-20)14-24(55)16-54-36-31(35(52-54)40(47,48)49)27-15-28(27)39(36,45)46/h3-9,13,21,27-28,56H,12,14-19H2,1-2H3/t21-,27+,28-/m1/s1. The first kappa shape index (κ1) is 40.9. The number of carbonyl (C=O) groups is 1. The molecule has 0 radical (unpaired) electrons. The second-order valence-electron chi connectivity index (χ2n) is 15.7. The summed E-state index contributed by atoms with van der Waals surface area (Å²) in [4.78, 5) is 18.8. The monoisotopic (exact) mass is 865 g/mol. The first-order valence-electron chi connectivity index (χ1n) is 18.2. The van der Waals surface area contributed by atoms with Crippen LogP contribution < -0.4 is 0 Å².